The molecule has 0 heterocycles. The molecule has 1 N–H and O–H groups in total. The number of hydrogen-bond donors (Lipinski definition) is 1. The number of esters is 1. The van der Waals surface area contributed by atoms with Crippen LogP contribution in [0.25, 0.3) is 22.3 Å². The van der Waals surface area contributed by atoms with Crippen LogP contribution in [0.1, 0.15) is 5.56 Å². The molecule has 3 aromatic rings. The van der Waals surface area contributed by atoms with Gasteiger partial charge in [0.2, 0.25) is 0 Å². The summed E-state index contributed by atoms with van der Waals surface area (Å²) in [6.45, 7) is 3.52. The number of aliphatic hydroxyl groups is 1. The third kappa shape index (κ3) is 5.33. The number of ether oxygens (including phenoxy) is 2. The molecule has 0 atom stereocenters. The van der Waals surface area contributed by atoms with Gasteiger partial charge in [-0.3, -0.25) is 0 Å². The van der Waals surface area contributed by atoms with Crippen LogP contribution in [0.3, 0.4) is 0 Å². The number of benzene rings is 3. The summed E-state index contributed by atoms with van der Waals surface area (Å²) in [5, 5.41) is 9.03. The molecule has 4 nitrogen and oxygen atoms in total. The molecule has 3 rings (SSSR count). The van der Waals surface area contributed by atoms with Crippen molar-refractivity contribution in [3.05, 3.63) is 90.8 Å². The molecule has 0 fully saturated rings. The van der Waals surface area contributed by atoms with Crippen molar-refractivity contribution in [3.63, 3.8) is 0 Å². The summed E-state index contributed by atoms with van der Waals surface area (Å²) in [6.07, 6.45) is 1.49. The van der Waals surface area contributed by atoms with E-state index in [4.69, 9.17) is 14.6 Å². The number of rotatable bonds is 9. The van der Waals surface area contributed by atoms with Crippen LogP contribution in [0.15, 0.2) is 79.4 Å². The van der Waals surface area contributed by atoms with E-state index in [1.165, 1.54) is 6.07 Å². The molecule has 0 aliphatic rings. The van der Waals surface area contributed by atoms with Crippen LogP contribution in [-0.4, -0.2) is 30.9 Å². The van der Waals surface area contributed by atoms with Gasteiger partial charge < -0.3 is 14.6 Å². The zero-order valence-corrected chi connectivity index (χ0v) is 16.5. The quantitative estimate of drug-likeness (QED) is 0.410. The van der Waals surface area contributed by atoms with E-state index in [0.717, 1.165) is 22.8 Å². The van der Waals surface area contributed by atoms with Gasteiger partial charge in [-0.25, -0.2) is 9.18 Å². The predicted molar refractivity (Wildman–Crippen MR) is 115 cm³/mol. The molecule has 30 heavy (non-hydrogen) atoms. The lowest BCUT2D eigenvalue weighted by atomic mass is 9.97. The Kier molecular flexibility index (Phi) is 7.35. The molecule has 0 aromatic heterocycles. The fraction of sp³-hybridized carbons (Fsp3) is 0.160. The monoisotopic (exact) mass is 406 g/mol. The molecule has 0 unspecified atom stereocenters. The van der Waals surface area contributed by atoms with Crippen LogP contribution in [0.5, 0.6) is 5.75 Å². The molecule has 3 aromatic carbocycles. The van der Waals surface area contributed by atoms with Gasteiger partial charge in [0, 0.05) is 18.1 Å². The Bertz CT molecular complexity index is 1010. The maximum Gasteiger partial charge on any atom is 0.330 e. The van der Waals surface area contributed by atoms with Crippen LogP contribution in [-0.2, 0) is 16.0 Å². The third-order valence-electron chi connectivity index (χ3n) is 4.58. The van der Waals surface area contributed by atoms with Crippen molar-refractivity contribution in [2.24, 2.45) is 0 Å². The van der Waals surface area contributed by atoms with Crippen LogP contribution in [0, 0.1) is 5.82 Å². The second-order valence-corrected chi connectivity index (χ2v) is 6.58. The fourth-order valence-corrected chi connectivity index (χ4v) is 3.12. The van der Waals surface area contributed by atoms with Crippen molar-refractivity contribution in [2.45, 2.75) is 6.42 Å². The largest absolute Gasteiger partial charge is 0.491 e. The molecule has 0 bridgehead atoms. The minimum Gasteiger partial charge on any atom is -0.491 e. The van der Waals surface area contributed by atoms with Gasteiger partial charge in [-0.2, -0.15) is 0 Å². The minimum atomic E-state index is -0.508. The van der Waals surface area contributed by atoms with Crippen molar-refractivity contribution in [1.82, 2.24) is 0 Å². The molecule has 0 aliphatic carbocycles. The smallest absolute Gasteiger partial charge is 0.330 e. The van der Waals surface area contributed by atoms with Crippen LogP contribution >= 0.6 is 0 Å². The average molecular weight is 406 g/mol. The van der Waals surface area contributed by atoms with E-state index >= 15 is 0 Å². The minimum absolute atomic E-state index is 0.123. The molecular weight excluding hydrogens is 383 g/mol. The Labute approximate surface area is 175 Å². The van der Waals surface area contributed by atoms with Crippen LogP contribution in [0.2, 0.25) is 0 Å². The summed E-state index contributed by atoms with van der Waals surface area (Å²) >= 11 is 0. The van der Waals surface area contributed by atoms with E-state index in [0.29, 0.717) is 23.3 Å². The first-order valence-electron chi connectivity index (χ1n) is 9.63. The number of aliphatic hydroxyl groups excluding tert-OH is 1. The zero-order chi connectivity index (χ0) is 21.3. The molecule has 0 radical (unpaired) electrons. The Morgan fingerprint density at radius 2 is 1.73 bits per heavy atom. The molecule has 5 heteroatoms. The molecule has 154 valence electrons. The second kappa shape index (κ2) is 10.4. The lowest BCUT2D eigenvalue weighted by Crippen LogP contribution is -2.08. The maximum atomic E-state index is 14.9. The van der Waals surface area contributed by atoms with Gasteiger partial charge in [-0.1, -0.05) is 55.1 Å². The molecule has 0 saturated heterocycles. The van der Waals surface area contributed by atoms with Crippen molar-refractivity contribution < 1.29 is 23.8 Å². The van der Waals surface area contributed by atoms with E-state index in [-0.39, 0.29) is 25.6 Å². The van der Waals surface area contributed by atoms with Crippen molar-refractivity contribution >= 4 is 5.97 Å². The Balaban J connectivity index is 1.88. The van der Waals surface area contributed by atoms with Crippen molar-refractivity contribution in [2.75, 3.05) is 19.8 Å². The predicted octanol–water partition coefficient (Wildman–Crippen LogP) is 4.80. The topological polar surface area (TPSA) is 55.8 Å². The summed E-state index contributed by atoms with van der Waals surface area (Å²) in [6, 6.07) is 20.1. The van der Waals surface area contributed by atoms with Gasteiger partial charge in [-0.05, 0) is 40.5 Å². The normalized spacial score (nSPS) is 10.5. The van der Waals surface area contributed by atoms with Gasteiger partial charge in [0.1, 0.15) is 18.2 Å². The van der Waals surface area contributed by atoms with Gasteiger partial charge in [0.15, 0.2) is 0 Å². The van der Waals surface area contributed by atoms with Gasteiger partial charge in [0.05, 0.1) is 13.2 Å². The van der Waals surface area contributed by atoms with E-state index in [1.54, 1.807) is 18.2 Å². The summed E-state index contributed by atoms with van der Waals surface area (Å²) < 4.78 is 25.5. The summed E-state index contributed by atoms with van der Waals surface area (Å²) in [4.78, 5) is 11.3. The highest BCUT2D eigenvalue weighted by atomic mass is 19.1. The number of carbonyl (C=O) groups is 1. The first-order chi connectivity index (χ1) is 14.6. The summed E-state index contributed by atoms with van der Waals surface area (Å²) in [7, 11) is 0. The van der Waals surface area contributed by atoms with Gasteiger partial charge in [-0.15, -0.1) is 0 Å². The number of halogens is 1. The van der Waals surface area contributed by atoms with E-state index < -0.39 is 5.97 Å². The van der Waals surface area contributed by atoms with Crippen LogP contribution in [0.4, 0.5) is 4.39 Å². The van der Waals surface area contributed by atoms with Gasteiger partial charge in [0.25, 0.3) is 0 Å². The highest BCUT2D eigenvalue weighted by Crippen LogP contribution is 2.31. The highest BCUT2D eigenvalue weighted by Gasteiger charge is 2.12. The van der Waals surface area contributed by atoms with Crippen molar-refractivity contribution in [1.29, 1.82) is 0 Å². The van der Waals surface area contributed by atoms with E-state index in [2.05, 4.69) is 6.58 Å². The lowest BCUT2D eigenvalue weighted by Gasteiger charge is -2.14. The Morgan fingerprint density at radius 1 is 0.967 bits per heavy atom. The Hall–Kier alpha value is -3.44. The van der Waals surface area contributed by atoms with E-state index in [1.807, 2.05) is 42.5 Å². The molecule has 0 amide bonds. The first-order valence-corrected chi connectivity index (χ1v) is 9.63. The number of carbonyl (C=O) groups excluding carboxylic acids is 1. The lowest BCUT2D eigenvalue weighted by molar-refractivity contribution is -0.137. The van der Waals surface area contributed by atoms with Gasteiger partial charge >= 0.3 is 5.97 Å². The maximum absolute atomic E-state index is 14.9. The standard InChI is InChI=1S/C25H23FO4/c1-2-25(28)30-14-12-21-16-20(9-11-24(21)29-15-13-27)22-10-8-19(17-23(22)26)18-6-4-3-5-7-18/h2-11,16-17,27H,1,12-15H2. The molecule has 0 saturated carbocycles. The summed E-state index contributed by atoms with van der Waals surface area (Å²) in [5.74, 6) is -0.278. The Morgan fingerprint density at radius 3 is 2.43 bits per heavy atom. The highest BCUT2D eigenvalue weighted by molar-refractivity contribution is 5.81. The third-order valence-corrected chi connectivity index (χ3v) is 4.58. The van der Waals surface area contributed by atoms with E-state index in [9.17, 15) is 9.18 Å². The SMILES string of the molecule is C=CC(=O)OCCc1cc(-c2ccc(-c3ccccc3)cc2F)ccc1OCCO. The van der Waals surface area contributed by atoms with Crippen LogP contribution < -0.4 is 4.74 Å². The fourth-order valence-electron chi connectivity index (χ4n) is 3.12. The number of hydrogen-bond acceptors (Lipinski definition) is 4. The van der Waals surface area contributed by atoms with Crippen molar-refractivity contribution in [3.8, 4) is 28.0 Å². The second-order valence-electron chi connectivity index (χ2n) is 6.58. The molecule has 0 spiro atoms. The molecular formula is C25H23FO4. The zero-order valence-electron chi connectivity index (χ0n) is 16.5. The molecule has 0 aliphatic heterocycles. The summed E-state index contributed by atoms with van der Waals surface area (Å²) in [5.41, 5.74) is 3.65. The average Bonchev–Trinajstić information content (AvgIpc) is 2.78. The first kappa shape index (κ1) is 21.3.